The predicted molar refractivity (Wildman–Crippen MR) is 90.1 cm³/mol. The van der Waals surface area contributed by atoms with Crippen molar-refractivity contribution in [3.63, 3.8) is 0 Å². The van der Waals surface area contributed by atoms with Crippen molar-refractivity contribution in [3.8, 4) is 0 Å². The smallest absolute Gasteiger partial charge is 0.132 e. The van der Waals surface area contributed by atoms with Crippen LogP contribution in [0.4, 0.5) is 4.39 Å². The molecule has 0 saturated heterocycles. The molecule has 0 bridgehead atoms. The zero-order chi connectivity index (χ0) is 15.7. The zero-order valence-corrected chi connectivity index (χ0v) is 13.4. The average Bonchev–Trinajstić information content (AvgIpc) is 2.96. The summed E-state index contributed by atoms with van der Waals surface area (Å²) in [5.41, 5.74) is 4.25. The molecular formula is C20H22FN. The molecule has 0 fully saturated rings. The normalized spacial score (nSPS) is 18.4. The van der Waals surface area contributed by atoms with Crippen molar-refractivity contribution in [1.82, 2.24) is 0 Å². The highest BCUT2D eigenvalue weighted by Gasteiger charge is 2.22. The Bertz CT molecular complexity index is 692. The van der Waals surface area contributed by atoms with E-state index in [1.807, 2.05) is 12.1 Å². The second-order valence-electron chi connectivity index (χ2n) is 6.98. The lowest BCUT2D eigenvalue weighted by molar-refractivity contribution is 0.589. The molecular weight excluding hydrogens is 273 g/mol. The van der Waals surface area contributed by atoms with Crippen LogP contribution in [0.1, 0.15) is 56.3 Å². The van der Waals surface area contributed by atoms with Crippen LogP contribution in [-0.2, 0) is 5.41 Å². The minimum absolute atomic E-state index is 0.156. The van der Waals surface area contributed by atoms with Crippen LogP contribution in [-0.4, -0.2) is 5.71 Å². The Labute approximate surface area is 131 Å². The fourth-order valence-electron chi connectivity index (χ4n) is 2.94. The largest absolute Gasteiger partial charge is 0.281 e. The van der Waals surface area contributed by atoms with Crippen LogP contribution < -0.4 is 0 Å². The van der Waals surface area contributed by atoms with E-state index in [0.717, 1.165) is 18.6 Å². The van der Waals surface area contributed by atoms with Crippen LogP contribution in [0.25, 0.3) is 0 Å². The van der Waals surface area contributed by atoms with Crippen LogP contribution in [0.15, 0.2) is 53.5 Å². The van der Waals surface area contributed by atoms with Crippen LogP contribution in [0.5, 0.6) is 0 Å². The lowest BCUT2D eigenvalue weighted by Gasteiger charge is -2.19. The van der Waals surface area contributed by atoms with E-state index in [1.54, 1.807) is 6.07 Å². The van der Waals surface area contributed by atoms with Crippen molar-refractivity contribution >= 4 is 5.71 Å². The summed E-state index contributed by atoms with van der Waals surface area (Å²) in [6.07, 6.45) is 1.80. The van der Waals surface area contributed by atoms with Crippen LogP contribution >= 0.6 is 0 Å². The van der Waals surface area contributed by atoms with Crippen molar-refractivity contribution in [2.75, 3.05) is 0 Å². The number of rotatable bonds is 2. The van der Waals surface area contributed by atoms with E-state index in [-0.39, 0.29) is 17.3 Å². The first kappa shape index (κ1) is 15.0. The standard InChI is InChI=1S/C20H22FN/c1-20(2,3)15-10-8-14(9-11-15)18-12-13-19(22-18)16-6-4-5-7-17(16)21/h4-11,18H,12-13H2,1-3H3. The molecule has 3 rings (SSSR count). The number of aliphatic imine (C=N–C) groups is 1. The van der Waals surface area contributed by atoms with Gasteiger partial charge in [-0.25, -0.2) is 4.39 Å². The van der Waals surface area contributed by atoms with Gasteiger partial charge in [0.2, 0.25) is 0 Å². The summed E-state index contributed by atoms with van der Waals surface area (Å²) in [4.78, 5) is 4.76. The Morgan fingerprint density at radius 1 is 1.00 bits per heavy atom. The predicted octanol–water partition coefficient (Wildman–Crippen LogP) is 5.45. The molecule has 1 heterocycles. The first-order chi connectivity index (χ1) is 10.4. The Hall–Kier alpha value is -1.96. The number of hydrogen-bond acceptors (Lipinski definition) is 1. The summed E-state index contributed by atoms with van der Waals surface area (Å²) in [5.74, 6) is -0.176. The highest BCUT2D eigenvalue weighted by atomic mass is 19.1. The Morgan fingerprint density at radius 2 is 1.68 bits per heavy atom. The van der Waals surface area contributed by atoms with Crippen molar-refractivity contribution in [3.05, 3.63) is 71.0 Å². The van der Waals surface area contributed by atoms with E-state index < -0.39 is 0 Å². The molecule has 2 aromatic rings. The molecule has 1 aliphatic heterocycles. The SMILES string of the molecule is CC(C)(C)c1ccc(C2CCC(c3ccccc3F)=N2)cc1. The Kier molecular flexibility index (Phi) is 3.86. The van der Waals surface area contributed by atoms with E-state index in [4.69, 9.17) is 4.99 Å². The van der Waals surface area contributed by atoms with Gasteiger partial charge in [-0.2, -0.15) is 0 Å². The van der Waals surface area contributed by atoms with Crippen LogP contribution in [0.3, 0.4) is 0 Å². The van der Waals surface area contributed by atoms with Crippen LogP contribution in [0.2, 0.25) is 0 Å². The quantitative estimate of drug-likeness (QED) is 0.699. The van der Waals surface area contributed by atoms with Gasteiger partial charge in [0, 0.05) is 11.3 Å². The molecule has 2 aromatic carbocycles. The maximum atomic E-state index is 13.9. The lowest BCUT2D eigenvalue weighted by Crippen LogP contribution is -2.10. The van der Waals surface area contributed by atoms with E-state index in [2.05, 4.69) is 45.0 Å². The minimum atomic E-state index is -0.176. The molecule has 0 spiro atoms. The van der Waals surface area contributed by atoms with Gasteiger partial charge in [0.25, 0.3) is 0 Å². The van der Waals surface area contributed by atoms with E-state index in [0.29, 0.717) is 5.56 Å². The van der Waals surface area contributed by atoms with E-state index >= 15 is 0 Å². The third-order valence-corrected chi connectivity index (χ3v) is 4.31. The Morgan fingerprint density at radius 3 is 2.32 bits per heavy atom. The van der Waals surface area contributed by atoms with Crippen molar-refractivity contribution in [2.24, 2.45) is 4.99 Å². The fourth-order valence-corrected chi connectivity index (χ4v) is 2.94. The summed E-state index contributed by atoms with van der Waals surface area (Å²) in [5, 5.41) is 0. The topological polar surface area (TPSA) is 12.4 Å². The molecule has 114 valence electrons. The van der Waals surface area contributed by atoms with Gasteiger partial charge in [0.1, 0.15) is 5.82 Å². The third kappa shape index (κ3) is 2.96. The second-order valence-corrected chi connectivity index (χ2v) is 6.98. The van der Waals surface area contributed by atoms with Crippen LogP contribution in [0, 0.1) is 5.82 Å². The number of halogens is 1. The summed E-state index contributed by atoms with van der Waals surface area (Å²) < 4.78 is 13.9. The molecule has 0 radical (unpaired) electrons. The third-order valence-electron chi connectivity index (χ3n) is 4.31. The summed E-state index contributed by atoms with van der Waals surface area (Å²) in [7, 11) is 0. The maximum absolute atomic E-state index is 13.9. The molecule has 22 heavy (non-hydrogen) atoms. The van der Waals surface area contributed by atoms with Gasteiger partial charge in [0.15, 0.2) is 0 Å². The van der Waals surface area contributed by atoms with Gasteiger partial charge in [-0.15, -0.1) is 0 Å². The first-order valence-electron chi connectivity index (χ1n) is 7.87. The fraction of sp³-hybridized carbons (Fsp3) is 0.350. The van der Waals surface area contributed by atoms with Gasteiger partial charge in [0.05, 0.1) is 6.04 Å². The van der Waals surface area contributed by atoms with Gasteiger partial charge in [-0.3, -0.25) is 4.99 Å². The monoisotopic (exact) mass is 295 g/mol. The van der Waals surface area contributed by atoms with Crippen molar-refractivity contribution in [2.45, 2.75) is 45.1 Å². The number of benzene rings is 2. The second kappa shape index (κ2) is 5.68. The molecule has 0 aliphatic carbocycles. The van der Waals surface area contributed by atoms with Crippen molar-refractivity contribution in [1.29, 1.82) is 0 Å². The summed E-state index contributed by atoms with van der Waals surface area (Å²) in [6, 6.07) is 15.8. The molecule has 2 heteroatoms. The van der Waals surface area contributed by atoms with Gasteiger partial charge >= 0.3 is 0 Å². The highest BCUT2D eigenvalue weighted by Crippen LogP contribution is 2.32. The van der Waals surface area contributed by atoms with E-state index in [1.165, 1.54) is 17.2 Å². The Balaban J connectivity index is 1.84. The molecule has 0 aromatic heterocycles. The summed E-state index contributed by atoms with van der Waals surface area (Å²) >= 11 is 0. The number of nitrogens with zero attached hydrogens (tertiary/aromatic N) is 1. The average molecular weight is 295 g/mol. The van der Waals surface area contributed by atoms with Gasteiger partial charge in [-0.05, 0) is 35.4 Å². The highest BCUT2D eigenvalue weighted by molar-refractivity contribution is 6.02. The lowest BCUT2D eigenvalue weighted by atomic mass is 9.86. The zero-order valence-electron chi connectivity index (χ0n) is 13.4. The molecule has 0 saturated carbocycles. The molecule has 1 unspecified atom stereocenters. The van der Waals surface area contributed by atoms with E-state index in [9.17, 15) is 4.39 Å². The van der Waals surface area contributed by atoms with Gasteiger partial charge in [-0.1, -0.05) is 63.2 Å². The van der Waals surface area contributed by atoms with Crippen molar-refractivity contribution < 1.29 is 4.39 Å². The molecule has 1 nitrogen and oxygen atoms in total. The molecule has 0 N–H and O–H groups in total. The first-order valence-corrected chi connectivity index (χ1v) is 7.87. The maximum Gasteiger partial charge on any atom is 0.132 e. The van der Waals surface area contributed by atoms with Gasteiger partial charge < -0.3 is 0 Å². The number of hydrogen-bond donors (Lipinski definition) is 0. The molecule has 0 amide bonds. The summed E-state index contributed by atoms with van der Waals surface area (Å²) in [6.45, 7) is 6.64. The molecule has 1 atom stereocenters. The molecule has 1 aliphatic rings. The minimum Gasteiger partial charge on any atom is -0.281 e.